The van der Waals surface area contributed by atoms with Gasteiger partial charge in [0.05, 0.1) is 17.6 Å². The fourth-order valence-corrected chi connectivity index (χ4v) is 5.05. The first-order valence-electron chi connectivity index (χ1n) is 12.4. The SMILES string of the molecule is Cc1ncc(-c2cccc(C(=O)N3CCC(N4CCCC4)CC3)c2)nc1C(=O)Nc1ccccc1.[HH].[HH]. The molecule has 1 aromatic heterocycles. The summed E-state index contributed by atoms with van der Waals surface area (Å²) in [5.41, 5.74) is 3.49. The van der Waals surface area contributed by atoms with E-state index in [4.69, 9.17) is 0 Å². The van der Waals surface area contributed by atoms with Crippen molar-refractivity contribution in [1.29, 1.82) is 0 Å². The molecular formula is C28H35N5O2. The molecule has 1 N–H and O–H groups in total. The van der Waals surface area contributed by atoms with E-state index >= 15 is 0 Å². The number of anilines is 1. The van der Waals surface area contributed by atoms with Crippen LogP contribution < -0.4 is 5.32 Å². The van der Waals surface area contributed by atoms with Crippen molar-refractivity contribution in [3.05, 3.63) is 77.7 Å². The molecule has 2 fully saturated rings. The number of aromatic nitrogens is 2. The number of hydrogen-bond acceptors (Lipinski definition) is 5. The van der Waals surface area contributed by atoms with Crippen LogP contribution in [0.5, 0.6) is 0 Å². The topological polar surface area (TPSA) is 78.4 Å². The van der Waals surface area contributed by atoms with Gasteiger partial charge in [-0.3, -0.25) is 14.6 Å². The molecule has 0 aliphatic carbocycles. The van der Waals surface area contributed by atoms with Gasteiger partial charge >= 0.3 is 0 Å². The van der Waals surface area contributed by atoms with Crippen LogP contribution in [0.3, 0.4) is 0 Å². The first-order chi connectivity index (χ1) is 17.1. The van der Waals surface area contributed by atoms with Crippen molar-refractivity contribution in [1.82, 2.24) is 19.8 Å². The predicted octanol–water partition coefficient (Wildman–Crippen LogP) is 4.90. The molecule has 2 saturated heterocycles. The number of rotatable bonds is 5. The van der Waals surface area contributed by atoms with Gasteiger partial charge in [-0.2, -0.15) is 0 Å². The zero-order valence-corrected chi connectivity index (χ0v) is 20.1. The van der Waals surface area contributed by atoms with Gasteiger partial charge in [0.1, 0.15) is 5.69 Å². The van der Waals surface area contributed by atoms with E-state index in [1.54, 1.807) is 13.1 Å². The number of para-hydroxylation sites is 1. The molecule has 2 amide bonds. The van der Waals surface area contributed by atoms with Crippen LogP contribution in [0.1, 0.15) is 55.1 Å². The Bertz CT molecular complexity index is 1210. The molecule has 0 radical (unpaired) electrons. The Morgan fingerprint density at radius 3 is 2.46 bits per heavy atom. The van der Waals surface area contributed by atoms with E-state index in [2.05, 4.69) is 20.2 Å². The molecule has 2 aliphatic heterocycles. The Balaban J connectivity index is 0.00000190. The van der Waals surface area contributed by atoms with E-state index in [1.165, 1.54) is 25.9 Å². The third kappa shape index (κ3) is 5.25. The van der Waals surface area contributed by atoms with Gasteiger partial charge in [-0.15, -0.1) is 0 Å². The van der Waals surface area contributed by atoms with E-state index in [-0.39, 0.29) is 20.4 Å². The first-order valence-corrected chi connectivity index (χ1v) is 12.4. The molecule has 0 bridgehead atoms. The fourth-order valence-electron chi connectivity index (χ4n) is 5.05. The summed E-state index contributed by atoms with van der Waals surface area (Å²) >= 11 is 0. The summed E-state index contributed by atoms with van der Waals surface area (Å²) in [4.78, 5) is 39.7. The average molecular weight is 474 g/mol. The Labute approximate surface area is 209 Å². The highest BCUT2D eigenvalue weighted by Crippen LogP contribution is 2.24. The van der Waals surface area contributed by atoms with Crippen LogP contribution in [0, 0.1) is 6.92 Å². The normalized spacial score (nSPS) is 16.9. The standard InChI is InChI=1S/C28H31N5O2.2H2/c1-20-26(27(34)30-23-10-3-2-4-11-23)31-25(19-29-20)21-8-7-9-22(18-21)28(35)33-16-12-24(13-17-33)32-14-5-6-15-32;;/h2-4,7-11,18-19,24H,5-6,12-17H2,1H3,(H,30,34);2*1H. The summed E-state index contributed by atoms with van der Waals surface area (Å²) < 4.78 is 0. The van der Waals surface area contributed by atoms with E-state index in [9.17, 15) is 9.59 Å². The number of aryl methyl sites for hydroxylation is 1. The largest absolute Gasteiger partial charge is 0.339 e. The number of nitrogens with zero attached hydrogens (tertiary/aromatic N) is 4. The summed E-state index contributed by atoms with van der Waals surface area (Å²) in [7, 11) is 0. The van der Waals surface area contributed by atoms with Gasteiger partial charge in [0.25, 0.3) is 11.8 Å². The summed E-state index contributed by atoms with van der Waals surface area (Å²) in [5, 5.41) is 2.87. The molecular weight excluding hydrogens is 438 g/mol. The highest BCUT2D eigenvalue weighted by Gasteiger charge is 2.28. The number of likely N-dealkylation sites (tertiary alicyclic amines) is 2. The molecule has 7 heteroatoms. The lowest BCUT2D eigenvalue weighted by molar-refractivity contribution is 0.0644. The fraction of sp³-hybridized carbons (Fsp3) is 0.357. The highest BCUT2D eigenvalue weighted by atomic mass is 16.2. The second kappa shape index (κ2) is 10.4. The van der Waals surface area contributed by atoms with Crippen LogP contribution in [-0.4, -0.2) is 63.8 Å². The van der Waals surface area contributed by atoms with Crippen LogP contribution in [0.2, 0.25) is 0 Å². The van der Waals surface area contributed by atoms with E-state index in [0.717, 1.165) is 31.5 Å². The molecule has 5 rings (SSSR count). The summed E-state index contributed by atoms with van der Waals surface area (Å²) in [5.74, 6) is -0.259. The van der Waals surface area contributed by atoms with Crippen molar-refractivity contribution >= 4 is 17.5 Å². The Hall–Kier alpha value is -3.58. The number of carbonyl (C=O) groups is 2. The Kier molecular flexibility index (Phi) is 6.86. The second-order valence-corrected chi connectivity index (χ2v) is 9.36. The minimum Gasteiger partial charge on any atom is -0.339 e. The molecule has 35 heavy (non-hydrogen) atoms. The van der Waals surface area contributed by atoms with Gasteiger partial charge in [-0.05, 0) is 70.0 Å². The van der Waals surface area contributed by atoms with Crippen LogP contribution in [0.25, 0.3) is 11.3 Å². The molecule has 3 heterocycles. The van der Waals surface area contributed by atoms with Crippen molar-refractivity contribution < 1.29 is 12.4 Å². The minimum absolute atomic E-state index is 0. The summed E-state index contributed by atoms with van der Waals surface area (Å²) in [6, 6.07) is 17.3. The van der Waals surface area contributed by atoms with Gasteiger partial charge in [-0.25, -0.2) is 4.98 Å². The highest BCUT2D eigenvalue weighted by molar-refractivity contribution is 6.03. The second-order valence-electron chi connectivity index (χ2n) is 9.36. The lowest BCUT2D eigenvalue weighted by atomic mass is 10.0. The molecule has 0 saturated carbocycles. The van der Waals surface area contributed by atoms with Crippen LogP contribution in [-0.2, 0) is 0 Å². The predicted molar refractivity (Wildman–Crippen MR) is 141 cm³/mol. The van der Waals surface area contributed by atoms with E-state index in [1.807, 2.05) is 59.5 Å². The van der Waals surface area contributed by atoms with Crippen molar-refractivity contribution in [2.75, 3.05) is 31.5 Å². The zero-order valence-electron chi connectivity index (χ0n) is 20.1. The molecule has 0 atom stereocenters. The van der Waals surface area contributed by atoms with Crippen molar-refractivity contribution in [2.24, 2.45) is 0 Å². The number of hydrogen-bond donors (Lipinski definition) is 1. The van der Waals surface area contributed by atoms with Gasteiger partial charge in [0.2, 0.25) is 0 Å². The number of benzene rings is 2. The number of carbonyl (C=O) groups excluding carboxylic acids is 2. The van der Waals surface area contributed by atoms with Crippen LogP contribution in [0.4, 0.5) is 5.69 Å². The van der Waals surface area contributed by atoms with Gasteiger partial charge in [0.15, 0.2) is 0 Å². The lowest BCUT2D eigenvalue weighted by Gasteiger charge is -2.36. The molecule has 0 spiro atoms. The number of piperidine rings is 1. The third-order valence-electron chi connectivity index (χ3n) is 7.02. The van der Waals surface area contributed by atoms with Crippen LogP contribution >= 0.6 is 0 Å². The molecule has 3 aromatic rings. The first kappa shape index (κ1) is 23.2. The van der Waals surface area contributed by atoms with Crippen molar-refractivity contribution in [2.45, 2.75) is 38.6 Å². The Morgan fingerprint density at radius 2 is 1.71 bits per heavy atom. The molecule has 0 unspecified atom stereocenters. The smallest absolute Gasteiger partial charge is 0.276 e. The molecule has 184 valence electrons. The summed E-state index contributed by atoms with van der Waals surface area (Å²) in [6.45, 7) is 5.74. The van der Waals surface area contributed by atoms with Gasteiger partial charge in [0, 0.05) is 38.8 Å². The maximum Gasteiger partial charge on any atom is 0.276 e. The van der Waals surface area contributed by atoms with Gasteiger partial charge in [-0.1, -0.05) is 30.3 Å². The van der Waals surface area contributed by atoms with Crippen molar-refractivity contribution in [3.8, 4) is 11.3 Å². The third-order valence-corrected chi connectivity index (χ3v) is 7.02. The lowest BCUT2D eigenvalue weighted by Crippen LogP contribution is -2.45. The summed E-state index contributed by atoms with van der Waals surface area (Å²) in [6.07, 6.45) is 6.32. The van der Waals surface area contributed by atoms with Crippen molar-refractivity contribution in [3.63, 3.8) is 0 Å². The number of amides is 2. The zero-order chi connectivity index (χ0) is 24.2. The molecule has 2 aliphatic rings. The monoisotopic (exact) mass is 473 g/mol. The minimum atomic E-state index is -0.309. The maximum absolute atomic E-state index is 13.3. The quantitative estimate of drug-likeness (QED) is 0.570. The van der Waals surface area contributed by atoms with E-state index < -0.39 is 0 Å². The maximum atomic E-state index is 13.3. The number of nitrogens with one attached hydrogen (secondary N) is 1. The Morgan fingerprint density at radius 1 is 0.971 bits per heavy atom. The van der Waals surface area contributed by atoms with E-state index in [0.29, 0.717) is 28.7 Å². The average Bonchev–Trinajstić information content (AvgIpc) is 3.44. The molecule has 7 nitrogen and oxygen atoms in total. The van der Waals surface area contributed by atoms with Crippen LogP contribution in [0.15, 0.2) is 60.8 Å². The molecule has 2 aromatic carbocycles. The van der Waals surface area contributed by atoms with Gasteiger partial charge < -0.3 is 15.1 Å².